The summed E-state index contributed by atoms with van der Waals surface area (Å²) in [7, 11) is 1.29. The normalized spacial score (nSPS) is 18.1. The number of hydrogen-bond acceptors (Lipinski definition) is 7. The Balaban J connectivity index is 1.49. The number of urea groups is 1. The molecule has 2 aromatic rings. The van der Waals surface area contributed by atoms with Crippen LogP contribution in [0, 0.1) is 0 Å². The second-order valence-electron chi connectivity index (χ2n) is 7.10. The van der Waals surface area contributed by atoms with E-state index in [-0.39, 0.29) is 17.6 Å². The maximum atomic E-state index is 12.7. The summed E-state index contributed by atoms with van der Waals surface area (Å²) >= 11 is 0. The monoisotopic (exact) mass is 395 g/mol. The number of carbonyl (C=O) groups is 3. The number of nitrogens with one attached hydrogen (secondary N) is 1. The number of anilines is 1. The zero-order valence-electron chi connectivity index (χ0n) is 16.0. The molecule has 3 heterocycles. The maximum absolute atomic E-state index is 12.7. The van der Waals surface area contributed by atoms with E-state index in [9.17, 15) is 14.4 Å². The molecular formula is C20H21N5O4. The van der Waals surface area contributed by atoms with Crippen LogP contribution < -0.4 is 10.2 Å². The van der Waals surface area contributed by atoms with Crippen molar-refractivity contribution in [3.8, 4) is 0 Å². The van der Waals surface area contributed by atoms with E-state index in [1.165, 1.54) is 19.5 Å². The average Bonchev–Trinajstić information content (AvgIpc) is 2.98. The van der Waals surface area contributed by atoms with Crippen LogP contribution in [0.15, 0.2) is 42.7 Å². The van der Waals surface area contributed by atoms with Crippen molar-refractivity contribution in [1.82, 2.24) is 20.2 Å². The highest BCUT2D eigenvalue weighted by Crippen LogP contribution is 2.35. The summed E-state index contributed by atoms with van der Waals surface area (Å²) in [6, 6.07) is 9.28. The number of aromatic nitrogens is 2. The van der Waals surface area contributed by atoms with Crippen molar-refractivity contribution in [3.05, 3.63) is 54.0 Å². The molecule has 1 spiro atoms. The number of rotatable bonds is 4. The Hall–Kier alpha value is -3.49. The summed E-state index contributed by atoms with van der Waals surface area (Å²) in [5.41, 5.74) is 0.256. The number of amides is 3. The molecule has 1 aromatic heterocycles. The molecule has 0 atom stereocenters. The first-order valence-electron chi connectivity index (χ1n) is 9.36. The van der Waals surface area contributed by atoms with Gasteiger partial charge in [0, 0.05) is 19.6 Å². The second-order valence-corrected chi connectivity index (χ2v) is 7.10. The van der Waals surface area contributed by atoms with E-state index >= 15 is 0 Å². The number of nitrogens with zero attached hydrogens (tertiary/aromatic N) is 4. The topological polar surface area (TPSA) is 105 Å². The van der Waals surface area contributed by atoms with Gasteiger partial charge in [0.2, 0.25) is 0 Å². The van der Waals surface area contributed by atoms with Gasteiger partial charge in [-0.2, -0.15) is 0 Å². The summed E-state index contributed by atoms with van der Waals surface area (Å²) in [5, 5.41) is 2.48. The molecule has 1 aromatic carbocycles. The van der Waals surface area contributed by atoms with E-state index in [1.807, 2.05) is 35.2 Å². The van der Waals surface area contributed by atoms with Crippen LogP contribution in [0.4, 0.5) is 10.6 Å². The van der Waals surface area contributed by atoms with Gasteiger partial charge in [-0.05, 0) is 18.4 Å². The van der Waals surface area contributed by atoms with Crippen LogP contribution in [0.2, 0.25) is 0 Å². The number of ether oxygens (including phenoxy) is 1. The number of piperidine rings is 1. The molecule has 2 aliphatic heterocycles. The predicted molar refractivity (Wildman–Crippen MR) is 103 cm³/mol. The van der Waals surface area contributed by atoms with Gasteiger partial charge in [-0.1, -0.05) is 30.3 Å². The molecule has 0 radical (unpaired) electrons. The first-order valence-corrected chi connectivity index (χ1v) is 9.36. The predicted octanol–water partition coefficient (Wildman–Crippen LogP) is 1.35. The summed E-state index contributed by atoms with van der Waals surface area (Å²) in [5.74, 6) is -0.170. The van der Waals surface area contributed by atoms with Crippen LogP contribution in [0.25, 0.3) is 0 Å². The van der Waals surface area contributed by atoms with E-state index < -0.39 is 11.5 Å². The quantitative estimate of drug-likeness (QED) is 0.615. The second kappa shape index (κ2) is 7.50. The number of hydrogen-bond donors (Lipinski definition) is 1. The van der Waals surface area contributed by atoms with Crippen LogP contribution in [0.1, 0.15) is 28.9 Å². The molecule has 1 N–H and O–H groups in total. The molecule has 9 nitrogen and oxygen atoms in total. The lowest BCUT2D eigenvalue weighted by molar-refractivity contribution is -0.127. The molecule has 0 bridgehead atoms. The SMILES string of the molecule is COC(=O)c1cnc(N2CCC3(CC2)C(=O)NC(=O)N3Cc2ccccc2)cn1. The molecule has 2 fully saturated rings. The molecule has 9 heteroatoms. The minimum atomic E-state index is -0.858. The Morgan fingerprint density at radius 2 is 1.86 bits per heavy atom. The standard InChI is InChI=1S/C20H21N5O4/c1-29-17(26)15-11-22-16(12-21-15)24-9-7-20(8-10-24)18(27)23-19(28)25(20)13-14-5-3-2-4-6-14/h2-6,11-12H,7-10,13H2,1H3,(H,23,27,28). The largest absolute Gasteiger partial charge is 0.464 e. The number of imide groups is 1. The van der Waals surface area contributed by atoms with Gasteiger partial charge in [-0.25, -0.2) is 19.6 Å². The highest BCUT2D eigenvalue weighted by atomic mass is 16.5. The lowest BCUT2D eigenvalue weighted by Gasteiger charge is -2.42. The fraction of sp³-hybridized carbons (Fsp3) is 0.350. The zero-order valence-corrected chi connectivity index (χ0v) is 16.0. The third-order valence-corrected chi connectivity index (χ3v) is 5.54. The highest BCUT2D eigenvalue weighted by Gasteiger charge is 2.54. The Bertz CT molecular complexity index is 924. The van der Waals surface area contributed by atoms with Gasteiger partial charge in [0.1, 0.15) is 11.4 Å². The van der Waals surface area contributed by atoms with Crippen molar-refractivity contribution in [2.24, 2.45) is 0 Å². The maximum Gasteiger partial charge on any atom is 0.358 e. The van der Waals surface area contributed by atoms with E-state index in [0.29, 0.717) is 38.3 Å². The third kappa shape index (κ3) is 3.39. The van der Waals surface area contributed by atoms with Gasteiger partial charge in [-0.15, -0.1) is 0 Å². The Morgan fingerprint density at radius 1 is 1.14 bits per heavy atom. The van der Waals surface area contributed by atoms with E-state index in [4.69, 9.17) is 0 Å². The molecule has 2 aliphatic rings. The Labute approximate surface area is 167 Å². The first-order chi connectivity index (χ1) is 14.0. The van der Waals surface area contributed by atoms with Crippen LogP contribution in [0.5, 0.6) is 0 Å². The molecule has 2 saturated heterocycles. The molecule has 0 saturated carbocycles. The smallest absolute Gasteiger partial charge is 0.358 e. The lowest BCUT2D eigenvalue weighted by Crippen LogP contribution is -2.56. The van der Waals surface area contributed by atoms with Crippen molar-refractivity contribution in [2.45, 2.75) is 24.9 Å². The van der Waals surface area contributed by atoms with Gasteiger partial charge < -0.3 is 14.5 Å². The molecule has 0 unspecified atom stereocenters. The lowest BCUT2D eigenvalue weighted by atomic mass is 9.85. The number of esters is 1. The van der Waals surface area contributed by atoms with Gasteiger partial charge >= 0.3 is 12.0 Å². The number of carbonyl (C=O) groups excluding carboxylic acids is 3. The average molecular weight is 395 g/mol. The van der Waals surface area contributed by atoms with Crippen molar-refractivity contribution in [2.75, 3.05) is 25.1 Å². The van der Waals surface area contributed by atoms with Crippen LogP contribution in [0.3, 0.4) is 0 Å². The highest BCUT2D eigenvalue weighted by molar-refractivity contribution is 6.07. The molecule has 29 heavy (non-hydrogen) atoms. The molecule has 3 amide bonds. The van der Waals surface area contributed by atoms with Gasteiger partial charge in [0.25, 0.3) is 5.91 Å². The van der Waals surface area contributed by atoms with Crippen LogP contribution in [-0.2, 0) is 16.1 Å². The molecule has 0 aliphatic carbocycles. The molecular weight excluding hydrogens is 374 g/mol. The zero-order chi connectivity index (χ0) is 20.4. The fourth-order valence-corrected chi connectivity index (χ4v) is 3.88. The van der Waals surface area contributed by atoms with Crippen molar-refractivity contribution in [3.63, 3.8) is 0 Å². The Morgan fingerprint density at radius 3 is 2.48 bits per heavy atom. The van der Waals surface area contributed by atoms with E-state index in [0.717, 1.165) is 5.56 Å². The Kier molecular flexibility index (Phi) is 4.87. The summed E-state index contributed by atoms with van der Waals surface area (Å²) in [4.78, 5) is 48.7. The van der Waals surface area contributed by atoms with Crippen molar-refractivity contribution < 1.29 is 19.1 Å². The summed E-state index contributed by atoms with van der Waals surface area (Å²) in [6.45, 7) is 1.46. The number of methoxy groups -OCH3 is 1. The number of benzene rings is 1. The summed E-state index contributed by atoms with van der Waals surface area (Å²) in [6.07, 6.45) is 3.86. The first kappa shape index (κ1) is 18.9. The van der Waals surface area contributed by atoms with Crippen molar-refractivity contribution in [1.29, 1.82) is 0 Å². The molecule has 4 rings (SSSR count). The van der Waals surface area contributed by atoms with E-state index in [2.05, 4.69) is 20.0 Å². The fourth-order valence-electron chi connectivity index (χ4n) is 3.88. The minimum Gasteiger partial charge on any atom is -0.464 e. The summed E-state index contributed by atoms with van der Waals surface area (Å²) < 4.78 is 4.63. The van der Waals surface area contributed by atoms with Crippen LogP contribution >= 0.6 is 0 Å². The molecule has 150 valence electrons. The minimum absolute atomic E-state index is 0.138. The third-order valence-electron chi connectivity index (χ3n) is 5.54. The van der Waals surface area contributed by atoms with Crippen LogP contribution in [-0.4, -0.2) is 58.5 Å². The van der Waals surface area contributed by atoms with Gasteiger partial charge in [0.05, 0.1) is 19.5 Å². The van der Waals surface area contributed by atoms with E-state index in [1.54, 1.807) is 4.90 Å². The van der Waals surface area contributed by atoms with Crippen molar-refractivity contribution >= 4 is 23.7 Å². The van der Waals surface area contributed by atoms with Gasteiger partial charge in [0.15, 0.2) is 5.69 Å². The van der Waals surface area contributed by atoms with Gasteiger partial charge in [-0.3, -0.25) is 10.1 Å².